The Morgan fingerprint density at radius 3 is 1.74 bits per heavy atom. The molecule has 178 valence electrons. The molecule has 2 aliphatic heterocycles. The van der Waals surface area contributed by atoms with Crippen molar-refractivity contribution < 1.29 is 0 Å². The van der Waals surface area contributed by atoms with Crippen LogP contribution in [0.3, 0.4) is 0 Å². The van der Waals surface area contributed by atoms with E-state index in [0.29, 0.717) is 6.04 Å². The van der Waals surface area contributed by atoms with Crippen LogP contribution in [-0.2, 0) is 0 Å². The van der Waals surface area contributed by atoms with Gasteiger partial charge in [-0.1, -0.05) is 36.0 Å². The van der Waals surface area contributed by atoms with E-state index in [1.165, 1.54) is 41.2 Å². The molecule has 2 heterocycles. The van der Waals surface area contributed by atoms with Gasteiger partial charge in [0, 0.05) is 22.4 Å². The fraction of sp³-hybridized carbons (Fsp3) is 0.172. The zero-order chi connectivity index (χ0) is 24.4. The molecule has 0 radical (unpaired) electrons. The maximum atomic E-state index is 6.58. The SMILES string of the molecule is CC(CN1c2ccccc2Sc2ccccc21)N(C)C.Cl[As]1c2ccccc2Nc2ccccc21. The number of rotatable bonds is 3. The van der Waals surface area contributed by atoms with Gasteiger partial charge in [-0.05, 0) is 45.3 Å². The Bertz CT molecular complexity index is 1240. The van der Waals surface area contributed by atoms with Gasteiger partial charge in [0.25, 0.3) is 0 Å². The van der Waals surface area contributed by atoms with Gasteiger partial charge in [0.2, 0.25) is 0 Å². The third kappa shape index (κ3) is 5.13. The summed E-state index contributed by atoms with van der Waals surface area (Å²) in [6.45, 7) is 3.27. The molecule has 35 heavy (non-hydrogen) atoms. The minimum atomic E-state index is -1.55. The second kappa shape index (κ2) is 10.7. The number of halogens is 1. The van der Waals surface area contributed by atoms with Gasteiger partial charge in [0.1, 0.15) is 0 Å². The molecule has 0 amide bonds. The van der Waals surface area contributed by atoms with Gasteiger partial charge < -0.3 is 9.80 Å². The molecule has 1 unspecified atom stereocenters. The molecule has 4 aromatic rings. The molecule has 2 aliphatic rings. The van der Waals surface area contributed by atoms with Crippen LogP contribution in [0.4, 0.5) is 22.7 Å². The quantitative estimate of drug-likeness (QED) is 0.295. The molecule has 0 spiro atoms. The number of nitrogens with zero attached hydrogens (tertiary/aromatic N) is 2. The first-order valence-corrected chi connectivity index (χ1v) is 16.9. The van der Waals surface area contributed by atoms with E-state index in [0.717, 1.165) is 6.54 Å². The normalized spacial score (nSPS) is 14.5. The summed E-state index contributed by atoms with van der Waals surface area (Å²) in [6, 6.07) is 34.5. The van der Waals surface area contributed by atoms with Crippen LogP contribution in [0.1, 0.15) is 6.92 Å². The van der Waals surface area contributed by atoms with Crippen LogP contribution in [0.5, 0.6) is 0 Å². The van der Waals surface area contributed by atoms with Crippen molar-refractivity contribution in [3.63, 3.8) is 0 Å². The Kier molecular flexibility index (Phi) is 7.45. The van der Waals surface area contributed by atoms with Crippen molar-refractivity contribution >= 4 is 66.9 Å². The van der Waals surface area contributed by atoms with Crippen molar-refractivity contribution in [2.24, 2.45) is 0 Å². The number of fused-ring (bicyclic) bond motifs is 4. The first-order chi connectivity index (χ1) is 17.0. The van der Waals surface area contributed by atoms with E-state index in [-0.39, 0.29) is 0 Å². The topological polar surface area (TPSA) is 18.5 Å². The van der Waals surface area contributed by atoms with E-state index in [9.17, 15) is 0 Å². The van der Waals surface area contributed by atoms with Crippen LogP contribution in [0.15, 0.2) is 107 Å². The van der Waals surface area contributed by atoms with Crippen molar-refractivity contribution in [1.29, 1.82) is 0 Å². The van der Waals surface area contributed by atoms with Crippen molar-refractivity contribution in [2.45, 2.75) is 22.8 Å². The van der Waals surface area contributed by atoms with Crippen LogP contribution in [-0.4, -0.2) is 45.3 Å². The molecule has 6 heteroatoms. The van der Waals surface area contributed by atoms with Crippen LogP contribution in [0.2, 0.25) is 0 Å². The number of hydrogen-bond acceptors (Lipinski definition) is 4. The van der Waals surface area contributed by atoms with Crippen molar-refractivity contribution in [3.05, 3.63) is 97.1 Å². The van der Waals surface area contributed by atoms with Crippen molar-refractivity contribution in [2.75, 3.05) is 30.9 Å². The van der Waals surface area contributed by atoms with Gasteiger partial charge in [-0.3, -0.25) is 0 Å². The van der Waals surface area contributed by atoms with E-state index >= 15 is 0 Å². The molecule has 0 fully saturated rings. The predicted octanol–water partition coefficient (Wildman–Crippen LogP) is 6.33. The Labute approximate surface area is 221 Å². The van der Waals surface area contributed by atoms with Crippen LogP contribution < -0.4 is 18.9 Å². The van der Waals surface area contributed by atoms with E-state index < -0.39 is 13.7 Å². The number of anilines is 4. The molecule has 1 N–H and O–H groups in total. The molecular weight excluding hydrogens is 533 g/mol. The Morgan fingerprint density at radius 1 is 0.771 bits per heavy atom. The number of likely N-dealkylation sites (N-methyl/N-ethyl adjacent to an activating group) is 1. The molecule has 3 nitrogen and oxygen atoms in total. The summed E-state index contributed by atoms with van der Waals surface area (Å²) in [5, 5.41) is 3.42. The predicted molar refractivity (Wildman–Crippen MR) is 154 cm³/mol. The van der Waals surface area contributed by atoms with E-state index in [1.54, 1.807) is 0 Å². The number of para-hydroxylation sites is 4. The van der Waals surface area contributed by atoms with Crippen LogP contribution >= 0.6 is 21.7 Å². The zero-order valence-electron chi connectivity index (χ0n) is 20.1. The van der Waals surface area contributed by atoms with Gasteiger partial charge in [-0.2, -0.15) is 0 Å². The van der Waals surface area contributed by atoms with Gasteiger partial charge in [-0.15, -0.1) is 0 Å². The summed E-state index contributed by atoms with van der Waals surface area (Å²) < 4.78 is 2.59. The second-order valence-electron chi connectivity index (χ2n) is 8.90. The Balaban J connectivity index is 0.000000151. The third-order valence-corrected chi connectivity index (χ3v) is 12.8. The van der Waals surface area contributed by atoms with Crippen molar-refractivity contribution in [3.8, 4) is 0 Å². The molecule has 1 atom stereocenters. The third-order valence-electron chi connectivity index (χ3n) is 6.36. The molecule has 6 rings (SSSR count). The van der Waals surface area contributed by atoms with E-state index in [2.05, 4.69) is 121 Å². The average molecular weight is 562 g/mol. The van der Waals surface area contributed by atoms with Gasteiger partial charge in [0.05, 0.1) is 11.4 Å². The zero-order valence-corrected chi connectivity index (χ0v) is 23.6. The summed E-state index contributed by atoms with van der Waals surface area (Å²) in [7, 11) is 10.9. The Hall–Kier alpha value is -2.36. The molecule has 0 aliphatic carbocycles. The van der Waals surface area contributed by atoms with Crippen molar-refractivity contribution in [1.82, 2.24) is 4.90 Å². The number of benzene rings is 4. The molecule has 0 saturated carbocycles. The molecule has 0 aromatic heterocycles. The molecular formula is C29H29AsClN3S. The van der Waals surface area contributed by atoms with Crippen LogP contribution in [0, 0.1) is 0 Å². The summed E-state index contributed by atoms with van der Waals surface area (Å²) in [5.41, 5.74) is 4.99. The van der Waals surface area contributed by atoms with Gasteiger partial charge in [0.15, 0.2) is 0 Å². The number of hydrogen-bond donors (Lipinski definition) is 1. The molecule has 0 bridgehead atoms. The van der Waals surface area contributed by atoms with Gasteiger partial charge >= 0.3 is 97.6 Å². The van der Waals surface area contributed by atoms with Gasteiger partial charge in [-0.25, -0.2) is 0 Å². The first-order valence-electron chi connectivity index (χ1n) is 11.7. The standard InChI is InChI=1S/C17H20N2S.C12H9AsClN/c1-13(18(2)3)12-19-14-8-4-6-10-16(14)20-17-11-7-5-9-15(17)19;14-13-9-5-1-3-7-11(9)15-12-8-4-2-6-10(12)13/h4-11,13H,12H2,1-3H3;1-8,15H. The summed E-state index contributed by atoms with van der Waals surface area (Å²) >= 11 is 0.314. The van der Waals surface area contributed by atoms with E-state index in [4.69, 9.17) is 9.95 Å². The fourth-order valence-electron chi connectivity index (χ4n) is 4.18. The molecule has 4 aromatic carbocycles. The average Bonchev–Trinajstić information content (AvgIpc) is 2.89. The van der Waals surface area contributed by atoms with Crippen LogP contribution in [0.25, 0.3) is 0 Å². The fourth-order valence-corrected chi connectivity index (χ4v) is 9.70. The number of nitrogens with one attached hydrogen (secondary N) is 1. The minimum absolute atomic E-state index is 0.499. The maximum absolute atomic E-state index is 6.58. The summed E-state index contributed by atoms with van der Waals surface area (Å²) in [4.78, 5) is 7.41. The summed E-state index contributed by atoms with van der Waals surface area (Å²) in [5.74, 6) is 0. The summed E-state index contributed by atoms with van der Waals surface area (Å²) in [6.07, 6.45) is 0. The van der Waals surface area contributed by atoms with E-state index in [1.807, 2.05) is 23.9 Å². The molecule has 0 saturated heterocycles. The second-order valence-corrected chi connectivity index (χ2v) is 14.9. The Morgan fingerprint density at radius 2 is 1.23 bits per heavy atom. The first kappa shape index (κ1) is 24.3. The monoisotopic (exact) mass is 561 g/mol.